The number of hydrogen-bond donors (Lipinski definition) is 2. The predicted molar refractivity (Wildman–Crippen MR) is 231 cm³/mol. The molecule has 2 aliphatic heterocycles. The average Bonchev–Trinajstić information content (AvgIpc) is 3.48. The third kappa shape index (κ3) is 14.1. The highest BCUT2D eigenvalue weighted by Crippen LogP contribution is 2.45. The van der Waals surface area contributed by atoms with E-state index in [0.29, 0.717) is 30.9 Å². The molecule has 7 nitrogen and oxygen atoms in total. The lowest BCUT2D eigenvalue weighted by Gasteiger charge is -2.44. The first-order chi connectivity index (χ1) is 26.2. The first-order valence-corrected chi connectivity index (χ1v) is 23.6. The Morgan fingerprint density at radius 1 is 0.782 bits per heavy atom. The fraction of sp³-hybridized carbons (Fsp3) is 0.917. The molecule has 320 valence electrons. The van der Waals surface area contributed by atoms with Crippen LogP contribution in [-0.4, -0.2) is 60.5 Å². The third-order valence-electron chi connectivity index (χ3n) is 14.6. The molecule has 1 aliphatic carbocycles. The topological polar surface area (TPSA) is 79.9 Å². The van der Waals surface area contributed by atoms with Gasteiger partial charge in [-0.05, 0) is 98.7 Å². The Hall–Kier alpha value is -1.44. The molecule has 7 heteroatoms. The number of rotatable bonds is 26. The maximum atomic E-state index is 13.2. The molecule has 0 aromatic carbocycles. The van der Waals surface area contributed by atoms with E-state index >= 15 is 0 Å². The maximum absolute atomic E-state index is 13.2. The van der Waals surface area contributed by atoms with Crippen LogP contribution in [0.1, 0.15) is 185 Å². The number of carbonyl (C=O) groups excluding carboxylic acids is 2. The summed E-state index contributed by atoms with van der Waals surface area (Å²) in [5.74, 6) is 5.44. The van der Waals surface area contributed by atoms with E-state index in [0.717, 1.165) is 74.5 Å². The van der Waals surface area contributed by atoms with Crippen LogP contribution < -0.4 is 10.6 Å². The van der Waals surface area contributed by atoms with Crippen molar-refractivity contribution >= 4 is 11.9 Å². The summed E-state index contributed by atoms with van der Waals surface area (Å²) < 4.78 is 14.0. The van der Waals surface area contributed by atoms with Gasteiger partial charge in [0.15, 0.2) is 0 Å². The van der Waals surface area contributed by atoms with Gasteiger partial charge in [-0.2, -0.15) is 0 Å². The maximum Gasteiger partial charge on any atom is 0.325 e. The largest absolute Gasteiger partial charge is 0.372 e. The number of urea groups is 1. The van der Waals surface area contributed by atoms with Gasteiger partial charge >= 0.3 is 6.03 Å². The molecule has 11 atom stereocenters. The van der Waals surface area contributed by atoms with E-state index in [-0.39, 0.29) is 48.4 Å². The minimum atomic E-state index is -0.336. The van der Waals surface area contributed by atoms with Gasteiger partial charge in [-0.25, -0.2) is 4.79 Å². The van der Waals surface area contributed by atoms with Gasteiger partial charge in [0, 0.05) is 19.2 Å². The highest BCUT2D eigenvalue weighted by atomic mass is 16.6. The SMILES string of the molecule is C=C(CCCCCCCO[C@H]1C(OC(CCCC)C(C(C)C)C(C)C)[C@@H](CC)N[C@H]1N1CC(C)C(=O)NC1=O)CCCCCC1C[C@H](CC)[C@H](C)[C@H](C)[C@@H]1C. The van der Waals surface area contributed by atoms with Crippen molar-refractivity contribution in [3.05, 3.63) is 12.2 Å². The number of nitrogens with one attached hydrogen (secondary N) is 2. The van der Waals surface area contributed by atoms with Crippen LogP contribution in [0.2, 0.25) is 0 Å². The van der Waals surface area contributed by atoms with Crippen LogP contribution >= 0.6 is 0 Å². The zero-order chi connectivity index (χ0) is 40.7. The quantitative estimate of drug-likeness (QED) is 0.0676. The summed E-state index contributed by atoms with van der Waals surface area (Å²) in [7, 11) is 0. The number of nitrogens with zero attached hydrogens (tertiary/aromatic N) is 1. The molecule has 55 heavy (non-hydrogen) atoms. The van der Waals surface area contributed by atoms with Crippen molar-refractivity contribution in [3.63, 3.8) is 0 Å². The standard InChI is InChI=1S/C48H89N3O4/c1-13-16-28-42(43(32(4)5)33(6)7)55-44-41(15-3)49-46(51-31-35(9)47(52)50-48(51)53)45(44)54-29-24-19-17-18-21-25-34(8)26-22-20-23-27-40-30-39(14-2)37(11)36(10)38(40)12/h32-33,35-46,49H,8,13-31H2,1-7,9-12H3,(H,50,52,53)/t35?,36-,37+,38-,39-,40?,41+,42?,44?,45-,46-/m0/s1. The van der Waals surface area contributed by atoms with Crippen molar-refractivity contribution in [2.75, 3.05) is 13.2 Å². The summed E-state index contributed by atoms with van der Waals surface area (Å²) in [5.41, 5.74) is 1.44. The first-order valence-electron chi connectivity index (χ1n) is 23.6. The Balaban J connectivity index is 1.46. The fourth-order valence-corrected chi connectivity index (χ4v) is 10.8. The van der Waals surface area contributed by atoms with Crippen LogP contribution in [-0.2, 0) is 14.3 Å². The Labute approximate surface area is 340 Å². The third-order valence-corrected chi connectivity index (χ3v) is 14.6. The number of imide groups is 1. The molecule has 2 saturated heterocycles. The highest BCUT2D eigenvalue weighted by Gasteiger charge is 2.50. The van der Waals surface area contributed by atoms with Gasteiger partial charge in [-0.1, -0.05) is 146 Å². The molecule has 3 rings (SSSR count). The van der Waals surface area contributed by atoms with Crippen molar-refractivity contribution in [2.24, 2.45) is 53.3 Å². The van der Waals surface area contributed by atoms with Crippen LogP contribution in [0, 0.1) is 53.3 Å². The van der Waals surface area contributed by atoms with Crippen molar-refractivity contribution in [1.82, 2.24) is 15.5 Å². The number of amides is 3. The van der Waals surface area contributed by atoms with E-state index in [1.165, 1.54) is 69.8 Å². The van der Waals surface area contributed by atoms with E-state index in [9.17, 15) is 9.59 Å². The molecule has 0 aromatic rings. The normalized spacial score (nSPS) is 30.8. The summed E-state index contributed by atoms with van der Waals surface area (Å²) in [4.78, 5) is 27.4. The fourth-order valence-electron chi connectivity index (χ4n) is 10.8. The lowest BCUT2D eigenvalue weighted by atomic mass is 9.62. The number of unbranched alkanes of at least 4 members (excludes halogenated alkanes) is 7. The van der Waals surface area contributed by atoms with Gasteiger partial charge in [-0.3, -0.25) is 15.4 Å². The summed E-state index contributed by atoms with van der Waals surface area (Å²) in [5, 5.41) is 6.34. The van der Waals surface area contributed by atoms with E-state index in [1.54, 1.807) is 4.90 Å². The molecule has 1 saturated carbocycles. The van der Waals surface area contributed by atoms with E-state index in [4.69, 9.17) is 9.47 Å². The van der Waals surface area contributed by atoms with Gasteiger partial charge in [0.25, 0.3) is 0 Å². The Morgan fingerprint density at radius 2 is 1.40 bits per heavy atom. The lowest BCUT2D eigenvalue weighted by molar-refractivity contribution is -0.135. The van der Waals surface area contributed by atoms with Gasteiger partial charge in [0.05, 0.1) is 12.0 Å². The minimum Gasteiger partial charge on any atom is -0.372 e. The predicted octanol–water partition coefficient (Wildman–Crippen LogP) is 11.9. The average molecular weight is 772 g/mol. The number of ether oxygens (including phenoxy) is 2. The smallest absolute Gasteiger partial charge is 0.325 e. The molecule has 4 unspecified atom stereocenters. The number of allylic oxidation sites excluding steroid dienone is 1. The number of carbonyl (C=O) groups is 2. The molecule has 3 fully saturated rings. The molecular weight excluding hydrogens is 683 g/mol. The summed E-state index contributed by atoms with van der Waals surface area (Å²) >= 11 is 0. The summed E-state index contributed by atoms with van der Waals surface area (Å²) in [6.45, 7) is 31.0. The molecule has 0 aromatic heterocycles. The molecule has 0 bridgehead atoms. The van der Waals surface area contributed by atoms with Crippen molar-refractivity contribution in [2.45, 2.75) is 216 Å². The zero-order valence-electron chi connectivity index (χ0n) is 37.8. The zero-order valence-corrected chi connectivity index (χ0v) is 37.8. The first kappa shape index (κ1) is 47.9. The molecule has 3 amide bonds. The van der Waals surface area contributed by atoms with Gasteiger partial charge < -0.3 is 14.4 Å². The lowest BCUT2D eigenvalue weighted by Crippen LogP contribution is -2.62. The van der Waals surface area contributed by atoms with Crippen LogP contribution in [0.3, 0.4) is 0 Å². The molecule has 3 aliphatic rings. The summed E-state index contributed by atoms with van der Waals surface area (Å²) in [6.07, 6.45) is 19.9. The van der Waals surface area contributed by atoms with Gasteiger partial charge in [0.2, 0.25) is 5.91 Å². The molecule has 0 spiro atoms. The minimum absolute atomic E-state index is 0.0646. The second-order valence-corrected chi connectivity index (χ2v) is 19.3. The molecule has 2 heterocycles. The monoisotopic (exact) mass is 772 g/mol. The van der Waals surface area contributed by atoms with Gasteiger partial charge in [0.1, 0.15) is 18.4 Å². The van der Waals surface area contributed by atoms with E-state index in [2.05, 4.69) is 86.4 Å². The van der Waals surface area contributed by atoms with Crippen LogP contribution in [0.15, 0.2) is 12.2 Å². The second kappa shape index (κ2) is 24.5. The van der Waals surface area contributed by atoms with E-state index in [1.807, 2.05) is 6.92 Å². The van der Waals surface area contributed by atoms with Crippen molar-refractivity contribution in [3.8, 4) is 0 Å². The van der Waals surface area contributed by atoms with Crippen molar-refractivity contribution in [1.29, 1.82) is 0 Å². The van der Waals surface area contributed by atoms with E-state index < -0.39 is 0 Å². The molecule has 0 radical (unpaired) electrons. The highest BCUT2D eigenvalue weighted by molar-refractivity contribution is 5.98. The number of hydrogen-bond acceptors (Lipinski definition) is 5. The van der Waals surface area contributed by atoms with Crippen LogP contribution in [0.25, 0.3) is 0 Å². The van der Waals surface area contributed by atoms with Crippen LogP contribution in [0.5, 0.6) is 0 Å². The Morgan fingerprint density at radius 3 is 2.02 bits per heavy atom. The van der Waals surface area contributed by atoms with Gasteiger partial charge in [-0.15, -0.1) is 0 Å². The van der Waals surface area contributed by atoms with Crippen LogP contribution in [0.4, 0.5) is 4.79 Å². The molecular formula is C48H89N3O4. The Kier molecular flexibility index (Phi) is 21.3. The second-order valence-electron chi connectivity index (χ2n) is 19.3. The van der Waals surface area contributed by atoms with Crippen molar-refractivity contribution < 1.29 is 19.1 Å². The Bertz CT molecular complexity index is 1120. The summed E-state index contributed by atoms with van der Waals surface area (Å²) in [6, 6.07) is -0.269. The molecule has 2 N–H and O–H groups in total.